The van der Waals surface area contributed by atoms with Crippen LogP contribution in [-0.2, 0) is 11.3 Å². The van der Waals surface area contributed by atoms with Crippen LogP contribution in [0.1, 0.15) is 35.7 Å². The molecule has 4 nitrogen and oxygen atoms in total. The first-order valence-electron chi connectivity index (χ1n) is 8.64. The Morgan fingerprint density at radius 1 is 1.12 bits per heavy atom. The molecule has 0 atom stereocenters. The summed E-state index contributed by atoms with van der Waals surface area (Å²) in [5.74, 6) is -0.208. The van der Waals surface area contributed by atoms with Crippen molar-refractivity contribution in [3.8, 4) is 0 Å². The van der Waals surface area contributed by atoms with Crippen LogP contribution in [0.5, 0.6) is 0 Å². The van der Waals surface area contributed by atoms with Crippen LogP contribution in [0.4, 0.5) is 5.69 Å². The van der Waals surface area contributed by atoms with Crippen LogP contribution < -0.4 is 10.6 Å². The molecule has 0 bridgehead atoms. The monoisotopic (exact) mass is 360 g/mol. The predicted molar refractivity (Wildman–Crippen MR) is 103 cm³/mol. The fourth-order valence-electron chi connectivity index (χ4n) is 2.33. The number of hydrogen-bond donors (Lipinski definition) is 2. The number of halogens is 1. The molecule has 0 saturated carbocycles. The van der Waals surface area contributed by atoms with Gasteiger partial charge >= 0.3 is 0 Å². The fourth-order valence-corrected chi connectivity index (χ4v) is 2.55. The zero-order chi connectivity index (χ0) is 17.9. The van der Waals surface area contributed by atoms with Gasteiger partial charge < -0.3 is 15.4 Å². The van der Waals surface area contributed by atoms with Gasteiger partial charge in [0.2, 0.25) is 0 Å². The number of benzene rings is 2. The van der Waals surface area contributed by atoms with Crippen LogP contribution in [0.3, 0.4) is 0 Å². The van der Waals surface area contributed by atoms with Crippen LogP contribution in [0.2, 0.25) is 5.02 Å². The normalized spacial score (nSPS) is 10.6. The summed E-state index contributed by atoms with van der Waals surface area (Å²) in [6.45, 7) is 5.22. The molecule has 0 aliphatic heterocycles. The lowest BCUT2D eigenvalue weighted by Crippen LogP contribution is -2.19. The van der Waals surface area contributed by atoms with Crippen LogP contribution in [0, 0.1) is 0 Å². The molecule has 0 unspecified atom stereocenters. The van der Waals surface area contributed by atoms with E-state index in [1.807, 2.05) is 24.3 Å². The Morgan fingerprint density at radius 3 is 2.76 bits per heavy atom. The molecule has 0 aliphatic carbocycles. The second-order valence-corrected chi connectivity index (χ2v) is 6.18. The third-order valence-electron chi connectivity index (χ3n) is 3.70. The van der Waals surface area contributed by atoms with Gasteiger partial charge in [0, 0.05) is 25.4 Å². The zero-order valence-electron chi connectivity index (χ0n) is 14.6. The molecule has 2 N–H and O–H groups in total. The highest BCUT2D eigenvalue weighted by molar-refractivity contribution is 6.34. The molecule has 0 spiro atoms. The van der Waals surface area contributed by atoms with Gasteiger partial charge in [-0.3, -0.25) is 4.79 Å². The molecule has 2 rings (SSSR count). The largest absolute Gasteiger partial charge is 0.380 e. The van der Waals surface area contributed by atoms with Crippen molar-refractivity contribution < 1.29 is 9.53 Å². The molecule has 25 heavy (non-hydrogen) atoms. The van der Waals surface area contributed by atoms with Gasteiger partial charge in [-0.05, 0) is 36.2 Å². The third kappa shape index (κ3) is 6.86. The van der Waals surface area contributed by atoms with Crippen LogP contribution in [0.25, 0.3) is 0 Å². The Kier molecular flexibility index (Phi) is 8.46. The van der Waals surface area contributed by atoms with Gasteiger partial charge in [-0.15, -0.1) is 0 Å². The van der Waals surface area contributed by atoms with Gasteiger partial charge in [0.15, 0.2) is 0 Å². The Bertz CT molecular complexity index is 676. The molecule has 0 aliphatic rings. The van der Waals surface area contributed by atoms with Gasteiger partial charge in [0.05, 0.1) is 17.2 Å². The van der Waals surface area contributed by atoms with E-state index >= 15 is 0 Å². The highest BCUT2D eigenvalue weighted by Gasteiger charge is 2.09. The first-order valence-corrected chi connectivity index (χ1v) is 9.01. The summed E-state index contributed by atoms with van der Waals surface area (Å²) >= 11 is 6.06. The van der Waals surface area contributed by atoms with E-state index in [2.05, 4.69) is 17.6 Å². The first-order chi connectivity index (χ1) is 12.2. The van der Waals surface area contributed by atoms with Gasteiger partial charge in [0.25, 0.3) is 5.91 Å². The lowest BCUT2D eigenvalue weighted by atomic mass is 10.1. The minimum Gasteiger partial charge on any atom is -0.380 e. The van der Waals surface area contributed by atoms with Crippen molar-refractivity contribution >= 4 is 23.2 Å². The Labute approximate surface area is 154 Å². The molecule has 0 saturated heterocycles. The minimum atomic E-state index is -0.208. The molecule has 134 valence electrons. The SMILES string of the molecule is CCCCOCCNCc1cccc(NC(=O)c2ccccc2Cl)c1. The second-order valence-electron chi connectivity index (χ2n) is 5.78. The molecule has 2 aromatic carbocycles. The van der Waals surface area contributed by atoms with Gasteiger partial charge in [-0.2, -0.15) is 0 Å². The molecule has 0 heterocycles. The smallest absolute Gasteiger partial charge is 0.257 e. The third-order valence-corrected chi connectivity index (χ3v) is 4.03. The highest BCUT2D eigenvalue weighted by atomic mass is 35.5. The average Bonchev–Trinajstić information content (AvgIpc) is 2.61. The predicted octanol–water partition coefficient (Wildman–Crippen LogP) is 4.50. The molecule has 0 fully saturated rings. The van der Waals surface area contributed by atoms with Gasteiger partial charge in [-0.25, -0.2) is 0 Å². The van der Waals surface area contributed by atoms with Crippen LogP contribution in [-0.4, -0.2) is 25.7 Å². The van der Waals surface area contributed by atoms with Crippen molar-refractivity contribution in [1.29, 1.82) is 0 Å². The van der Waals surface area contributed by atoms with E-state index in [9.17, 15) is 4.79 Å². The molecule has 0 aromatic heterocycles. The summed E-state index contributed by atoms with van der Waals surface area (Å²) in [4.78, 5) is 12.3. The summed E-state index contributed by atoms with van der Waals surface area (Å²) in [7, 11) is 0. The van der Waals surface area contributed by atoms with Gasteiger partial charge in [-0.1, -0.05) is 49.2 Å². The van der Waals surface area contributed by atoms with E-state index in [0.717, 1.165) is 43.8 Å². The van der Waals surface area contributed by atoms with E-state index in [1.165, 1.54) is 0 Å². The number of amides is 1. The van der Waals surface area contributed by atoms with E-state index in [-0.39, 0.29) is 5.91 Å². The summed E-state index contributed by atoms with van der Waals surface area (Å²) in [6.07, 6.45) is 2.26. The molecule has 0 radical (unpaired) electrons. The van der Waals surface area contributed by atoms with Crippen molar-refractivity contribution in [2.45, 2.75) is 26.3 Å². The number of carbonyl (C=O) groups excluding carboxylic acids is 1. The zero-order valence-corrected chi connectivity index (χ0v) is 15.3. The molecule has 1 amide bonds. The average molecular weight is 361 g/mol. The summed E-state index contributed by atoms with van der Waals surface area (Å²) in [5.41, 5.74) is 2.32. The lowest BCUT2D eigenvalue weighted by molar-refractivity contribution is 0.102. The number of rotatable bonds is 10. The van der Waals surface area contributed by atoms with Gasteiger partial charge in [0.1, 0.15) is 0 Å². The lowest BCUT2D eigenvalue weighted by Gasteiger charge is -2.09. The summed E-state index contributed by atoms with van der Waals surface area (Å²) in [6, 6.07) is 14.8. The topological polar surface area (TPSA) is 50.4 Å². The fraction of sp³-hybridized carbons (Fsp3) is 0.350. The van der Waals surface area contributed by atoms with E-state index in [1.54, 1.807) is 24.3 Å². The van der Waals surface area contributed by atoms with Crippen molar-refractivity contribution in [3.05, 3.63) is 64.7 Å². The van der Waals surface area contributed by atoms with Crippen molar-refractivity contribution in [2.75, 3.05) is 25.1 Å². The minimum absolute atomic E-state index is 0.208. The number of nitrogens with one attached hydrogen (secondary N) is 2. The van der Waals surface area contributed by atoms with Crippen molar-refractivity contribution in [2.24, 2.45) is 0 Å². The quantitative estimate of drug-likeness (QED) is 0.613. The van der Waals surface area contributed by atoms with E-state index < -0.39 is 0 Å². The molecular formula is C20H25ClN2O2. The number of unbranched alkanes of at least 4 members (excludes halogenated alkanes) is 1. The maximum Gasteiger partial charge on any atom is 0.257 e. The van der Waals surface area contributed by atoms with Crippen molar-refractivity contribution in [3.63, 3.8) is 0 Å². The molecule has 5 heteroatoms. The van der Waals surface area contributed by atoms with Crippen LogP contribution in [0.15, 0.2) is 48.5 Å². The Morgan fingerprint density at radius 2 is 1.96 bits per heavy atom. The number of ether oxygens (including phenoxy) is 1. The number of anilines is 1. The molecule has 2 aromatic rings. The summed E-state index contributed by atoms with van der Waals surface area (Å²) in [5, 5.41) is 6.67. The maximum atomic E-state index is 12.3. The summed E-state index contributed by atoms with van der Waals surface area (Å²) < 4.78 is 5.52. The van der Waals surface area contributed by atoms with E-state index in [0.29, 0.717) is 17.2 Å². The second kappa shape index (κ2) is 10.9. The van der Waals surface area contributed by atoms with Crippen LogP contribution >= 0.6 is 11.6 Å². The molecular weight excluding hydrogens is 336 g/mol. The Hall–Kier alpha value is -1.88. The highest BCUT2D eigenvalue weighted by Crippen LogP contribution is 2.17. The van der Waals surface area contributed by atoms with E-state index in [4.69, 9.17) is 16.3 Å². The Balaban J connectivity index is 1.81. The maximum absolute atomic E-state index is 12.3. The first kappa shape index (κ1) is 19.4. The standard InChI is InChI=1S/C20H25ClN2O2/c1-2-3-12-25-13-11-22-15-16-7-6-8-17(14-16)23-20(24)18-9-4-5-10-19(18)21/h4-10,14,22H,2-3,11-13,15H2,1H3,(H,23,24). The number of carbonyl (C=O) groups is 1. The number of hydrogen-bond acceptors (Lipinski definition) is 3. The van der Waals surface area contributed by atoms with Crippen molar-refractivity contribution in [1.82, 2.24) is 5.32 Å².